The van der Waals surface area contributed by atoms with E-state index in [4.69, 9.17) is 0 Å². The molecule has 0 aliphatic rings. The van der Waals surface area contributed by atoms with Crippen LogP contribution >= 0.6 is 0 Å². The second-order valence-corrected chi connectivity index (χ2v) is 7.93. The van der Waals surface area contributed by atoms with Crippen molar-refractivity contribution in [3.63, 3.8) is 0 Å². The molecule has 0 unspecified atom stereocenters. The van der Waals surface area contributed by atoms with E-state index in [1.165, 1.54) is 17.4 Å². The number of nitrogens with zero attached hydrogens (tertiary/aromatic N) is 1. The van der Waals surface area contributed by atoms with Crippen molar-refractivity contribution in [2.75, 3.05) is 13.3 Å². The van der Waals surface area contributed by atoms with Crippen LogP contribution in [0, 0.1) is 6.92 Å². The van der Waals surface area contributed by atoms with Crippen LogP contribution in [0.1, 0.15) is 29.7 Å². The molecule has 2 aromatic rings. The summed E-state index contributed by atoms with van der Waals surface area (Å²) < 4.78 is 23.0. The molecule has 0 heterocycles. The maximum atomic E-state index is 11.5. The van der Waals surface area contributed by atoms with Gasteiger partial charge in [0, 0.05) is 18.8 Å². The normalized spacial score (nSPS) is 13.3. The van der Waals surface area contributed by atoms with Gasteiger partial charge in [0.05, 0.1) is 4.90 Å². The number of sulfone groups is 1. The van der Waals surface area contributed by atoms with Crippen molar-refractivity contribution in [1.82, 2.24) is 4.90 Å². The Bertz CT molecular complexity index is 719. The Morgan fingerprint density at radius 3 is 2.05 bits per heavy atom. The lowest BCUT2D eigenvalue weighted by molar-refractivity contribution is 0.253. The summed E-state index contributed by atoms with van der Waals surface area (Å²) in [6.45, 7) is 5.07. The Balaban J connectivity index is 2.10. The van der Waals surface area contributed by atoms with E-state index in [0.29, 0.717) is 4.90 Å². The van der Waals surface area contributed by atoms with Crippen LogP contribution in [-0.4, -0.2) is 26.6 Å². The Morgan fingerprint density at radius 1 is 1.00 bits per heavy atom. The molecule has 0 aromatic heterocycles. The lowest BCUT2D eigenvalue weighted by Gasteiger charge is -2.25. The maximum Gasteiger partial charge on any atom is 0.175 e. The first-order valence-corrected chi connectivity index (χ1v) is 9.22. The lowest BCUT2D eigenvalue weighted by atomic mass is 10.1. The molecule has 0 bridgehead atoms. The molecule has 0 amide bonds. The van der Waals surface area contributed by atoms with Crippen LogP contribution in [0.4, 0.5) is 0 Å². The van der Waals surface area contributed by atoms with Crippen LogP contribution in [-0.2, 0) is 16.4 Å². The van der Waals surface area contributed by atoms with E-state index < -0.39 is 9.84 Å². The first kappa shape index (κ1) is 16.7. The molecule has 1 atom stereocenters. The number of aryl methyl sites for hydroxylation is 1. The van der Waals surface area contributed by atoms with Gasteiger partial charge in [-0.25, -0.2) is 8.42 Å². The van der Waals surface area contributed by atoms with Gasteiger partial charge in [0.1, 0.15) is 0 Å². The number of hydrogen-bond donors (Lipinski definition) is 0. The zero-order valence-electron chi connectivity index (χ0n) is 13.6. The Hall–Kier alpha value is -1.65. The summed E-state index contributed by atoms with van der Waals surface area (Å²) in [5.41, 5.74) is 3.64. The molecule has 0 fully saturated rings. The average molecular weight is 317 g/mol. The van der Waals surface area contributed by atoms with Gasteiger partial charge >= 0.3 is 0 Å². The maximum absolute atomic E-state index is 11.5. The second kappa shape index (κ2) is 6.63. The second-order valence-electron chi connectivity index (χ2n) is 5.92. The molecule has 4 heteroatoms. The van der Waals surface area contributed by atoms with Gasteiger partial charge in [-0.3, -0.25) is 4.90 Å². The van der Waals surface area contributed by atoms with Crippen molar-refractivity contribution < 1.29 is 8.42 Å². The fraction of sp³-hybridized carbons (Fsp3) is 0.333. The number of hydrogen-bond acceptors (Lipinski definition) is 3. The summed E-state index contributed by atoms with van der Waals surface area (Å²) in [6.07, 6.45) is 1.23. The van der Waals surface area contributed by atoms with Gasteiger partial charge in [-0.15, -0.1) is 0 Å². The Kier molecular flexibility index (Phi) is 5.04. The summed E-state index contributed by atoms with van der Waals surface area (Å²) in [5.74, 6) is 0. The molecule has 0 N–H and O–H groups in total. The van der Waals surface area contributed by atoms with Crippen LogP contribution < -0.4 is 0 Å². The van der Waals surface area contributed by atoms with E-state index in [0.717, 1.165) is 12.1 Å². The van der Waals surface area contributed by atoms with Gasteiger partial charge in [0.2, 0.25) is 0 Å². The third-order valence-corrected chi connectivity index (χ3v) is 5.13. The molecule has 0 saturated heterocycles. The zero-order chi connectivity index (χ0) is 16.3. The molecular formula is C18H23NO2S. The minimum Gasteiger partial charge on any atom is -0.295 e. The molecule has 0 spiro atoms. The van der Waals surface area contributed by atoms with Crippen LogP contribution in [0.25, 0.3) is 0 Å². The molecule has 0 radical (unpaired) electrons. The quantitative estimate of drug-likeness (QED) is 0.845. The van der Waals surface area contributed by atoms with Crippen molar-refractivity contribution in [1.29, 1.82) is 0 Å². The van der Waals surface area contributed by atoms with E-state index >= 15 is 0 Å². The highest BCUT2D eigenvalue weighted by Gasteiger charge is 2.13. The van der Waals surface area contributed by atoms with Crippen molar-refractivity contribution in [3.05, 3.63) is 65.2 Å². The summed E-state index contributed by atoms with van der Waals surface area (Å²) in [4.78, 5) is 2.62. The van der Waals surface area contributed by atoms with E-state index in [9.17, 15) is 8.42 Å². The summed E-state index contributed by atoms with van der Waals surface area (Å²) in [7, 11) is -1.05. The number of rotatable bonds is 5. The highest BCUT2D eigenvalue weighted by molar-refractivity contribution is 7.90. The van der Waals surface area contributed by atoms with Crippen LogP contribution in [0.3, 0.4) is 0 Å². The minimum atomic E-state index is -3.13. The summed E-state index contributed by atoms with van der Waals surface area (Å²) in [5, 5.41) is 0. The smallest absolute Gasteiger partial charge is 0.175 e. The summed E-state index contributed by atoms with van der Waals surface area (Å²) >= 11 is 0. The van der Waals surface area contributed by atoms with Crippen molar-refractivity contribution in [2.45, 2.75) is 31.3 Å². The van der Waals surface area contributed by atoms with Crippen LogP contribution in [0.15, 0.2) is 53.4 Å². The Morgan fingerprint density at radius 2 is 1.55 bits per heavy atom. The largest absolute Gasteiger partial charge is 0.295 e. The molecule has 0 aliphatic carbocycles. The highest BCUT2D eigenvalue weighted by Crippen LogP contribution is 2.22. The highest BCUT2D eigenvalue weighted by atomic mass is 32.2. The first-order valence-electron chi connectivity index (χ1n) is 7.33. The van der Waals surface area contributed by atoms with Crippen LogP contribution in [0.5, 0.6) is 0 Å². The molecule has 2 aromatic carbocycles. The van der Waals surface area contributed by atoms with Crippen molar-refractivity contribution in [3.8, 4) is 0 Å². The Labute approximate surface area is 133 Å². The van der Waals surface area contributed by atoms with Crippen molar-refractivity contribution >= 4 is 9.84 Å². The number of benzene rings is 2. The molecule has 2 rings (SSSR count). The molecule has 22 heavy (non-hydrogen) atoms. The molecule has 3 nitrogen and oxygen atoms in total. The van der Waals surface area contributed by atoms with E-state index in [1.54, 1.807) is 12.1 Å². The summed E-state index contributed by atoms with van der Waals surface area (Å²) in [6, 6.07) is 15.9. The first-order chi connectivity index (χ1) is 10.3. The fourth-order valence-electron chi connectivity index (χ4n) is 2.37. The van der Waals surface area contributed by atoms with E-state index in [-0.39, 0.29) is 6.04 Å². The predicted octanol–water partition coefficient (Wildman–Crippen LogP) is 3.59. The van der Waals surface area contributed by atoms with Gasteiger partial charge in [0.25, 0.3) is 0 Å². The third kappa shape index (κ3) is 4.18. The lowest BCUT2D eigenvalue weighted by Crippen LogP contribution is -2.21. The SMILES string of the molecule is Cc1ccc(CN(C)[C@H](C)c2ccc(S(C)(=O)=O)cc2)cc1. The van der Waals surface area contributed by atoms with Gasteiger partial charge in [-0.2, -0.15) is 0 Å². The third-order valence-electron chi connectivity index (χ3n) is 4.00. The van der Waals surface area contributed by atoms with Crippen molar-refractivity contribution in [2.24, 2.45) is 0 Å². The minimum absolute atomic E-state index is 0.218. The monoisotopic (exact) mass is 317 g/mol. The van der Waals surface area contributed by atoms with E-state index in [2.05, 4.69) is 50.1 Å². The fourth-order valence-corrected chi connectivity index (χ4v) is 3.00. The average Bonchev–Trinajstić information content (AvgIpc) is 2.48. The van der Waals surface area contributed by atoms with Gasteiger partial charge in [0.15, 0.2) is 9.84 Å². The molecular weight excluding hydrogens is 294 g/mol. The molecule has 0 aliphatic heterocycles. The van der Waals surface area contributed by atoms with Gasteiger partial charge in [-0.05, 0) is 44.2 Å². The van der Waals surface area contributed by atoms with Gasteiger partial charge < -0.3 is 0 Å². The zero-order valence-corrected chi connectivity index (χ0v) is 14.4. The topological polar surface area (TPSA) is 37.4 Å². The van der Waals surface area contributed by atoms with Crippen LogP contribution in [0.2, 0.25) is 0 Å². The van der Waals surface area contributed by atoms with E-state index in [1.807, 2.05) is 12.1 Å². The standard InChI is InChI=1S/C18H23NO2S/c1-14-5-7-16(8-6-14)13-19(3)15(2)17-9-11-18(12-10-17)22(4,20)21/h5-12,15H,13H2,1-4H3/t15-/m1/s1. The molecule has 0 saturated carbocycles. The predicted molar refractivity (Wildman–Crippen MR) is 90.6 cm³/mol. The molecule has 118 valence electrons. The van der Waals surface area contributed by atoms with Gasteiger partial charge in [-0.1, -0.05) is 42.0 Å².